The van der Waals surface area contributed by atoms with Crippen molar-refractivity contribution in [3.8, 4) is 0 Å². The van der Waals surface area contributed by atoms with E-state index < -0.39 is 0 Å². The van der Waals surface area contributed by atoms with E-state index in [4.69, 9.17) is 4.12 Å². The predicted molar refractivity (Wildman–Crippen MR) is 63.8 cm³/mol. The highest BCUT2D eigenvalue weighted by Crippen LogP contribution is 2.27. The number of hydrogen-bond acceptors (Lipinski definition) is 1. The van der Waals surface area contributed by atoms with Crippen molar-refractivity contribution in [2.75, 3.05) is 0 Å². The van der Waals surface area contributed by atoms with Crippen LogP contribution < -0.4 is 0 Å². The van der Waals surface area contributed by atoms with Crippen LogP contribution in [0.2, 0.25) is 5.54 Å². The van der Waals surface area contributed by atoms with Gasteiger partial charge in [-0.05, 0) is 17.0 Å². The van der Waals surface area contributed by atoms with Crippen molar-refractivity contribution in [3.63, 3.8) is 0 Å². The molecule has 0 N–H and O–H groups in total. The van der Waals surface area contributed by atoms with E-state index in [1.807, 2.05) is 0 Å². The van der Waals surface area contributed by atoms with Crippen molar-refractivity contribution >= 4 is 20.2 Å². The van der Waals surface area contributed by atoms with Crippen LogP contribution in [0, 0.1) is 0 Å². The topological polar surface area (TPSA) is 9.23 Å². The number of rotatable bonds is 4. The average Bonchev–Trinajstić information content (AvgIpc) is 2.18. The summed E-state index contributed by atoms with van der Waals surface area (Å²) in [5.74, 6) is 0.654. The first-order valence-corrected chi connectivity index (χ1v) is 7.00. The van der Waals surface area contributed by atoms with Crippen LogP contribution in [0.3, 0.4) is 0 Å². The van der Waals surface area contributed by atoms with Gasteiger partial charge in [0.05, 0.1) is 0 Å². The van der Waals surface area contributed by atoms with Crippen LogP contribution in [0.15, 0.2) is 30.3 Å². The maximum Gasteiger partial charge on any atom is 0.149 e. The standard InChI is InChI=1S/C10H18OSi2/c1-8(9(2)13-11-12)10-6-4-3-5-7-10/h3-9H,13H2,1-2,12H3. The first kappa shape index (κ1) is 10.7. The Morgan fingerprint density at radius 1 is 1.23 bits per heavy atom. The molecule has 1 nitrogen and oxygen atoms in total. The third-order valence-electron chi connectivity index (χ3n) is 2.61. The molecule has 1 aromatic rings. The molecule has 0 aliphatic rings. The molecule has 0 heterocycles. The minimum atomic E-state index is -0.283. The van der Waals surface area contributed by atoms with E-state index in [0.717, 1.165) is 16.0 Å². The lowest BCUT2D eigenvalue weighted by atomic mass is 9.98. The Morgan fingerprint density at radius 2 is 1.85 bits per heavy atom. The van der Waals surface area contributed by atoms with E-state index in [0.29, 0.717) is 5.92 Å². The van der Waals surface area contributed by atoms with E-state index in [1.165, 1.54) is 5.56 Å². The highest BCUT2D eigenvalue weighted by molar-refractivity contribution is 6.36. The maximum atomic E-state index is 5.42. The Bertz CT molecular complexity index is 238. The molecular formula is C10H18OSi2. The third kappa shape index (κ3) is 3.10. The van der Waals surface area contributed by atoms with Crippen LogP contribution in [-0.4, -0.2) is 20.2 Å². The molecule has 0 saturated carbocycles. The molecule has 3 heteroatoms. The fraction of sp³-hybridized carbons (Fsp3) is 0.400. The molecule has 0 aliphatic carbocycles. The highest BCUT2D eigenvalue weighted by atomic mass is 28.3. The van der Waals surface area contributed by atoms with Crippen LogP contribution in [0.1, 0.15) is 25.3 Å². The van der Waals surface area contributed by atoms with E-state index in [1.54, 1.807) is 0 Å². The largest absolute Gasteiger partial charge is 0.468 e. The fourth-order valence-electron chi connectivity index (χ4n) is 1.49. The molecule has 13 heavy (non-hydrogen) atoms. The van der Waals surface area contributed by atoms with E-state index in [9.17, 15) is 0 Å². The monoisotopic (exact) mass is 210 g/mol. The number of benzene rings is 1. The van der Waals surface area contributed by atoms with Gasteiger partial charge in [0.2, 0.25) is 0 Å². The summed E-state index contributed by atoms with van der Waals surface area (Å²) in [6.07, 6.45) is 0. The van der Waals surface area contributed by atoms with Crippen LogP contribution >= 0.6 is 0 Å². The Labute approximate surface area is 86.0 Å². The normalized spacial score (nSPS) is 16.5. The van der Waals surface area contributed by atoms with Gasteiger partial charge in [-0.1, -0.05) is 44.2 Å². The summed E-state index contributed by atoms with van der Waals surface area (Å²) in [4.78, 5) is 0. The molecular weight excluding hydrogens is 192 g/mol. The minimum absolute atomic E-state index is 0.283. The molecule has 72 valence electrons. The van der Waals surface area contributed by atoms with Gasteiger partial charge >= 0.3 is 0 Å². The van der Waals surface area contributed by atoms with Gasteiger partial charge in [0.15, 0.2) is 0 Å². The third-order valence-corrected chi connectivity index (χ3v) is 5.17. The first-order chi connectivity index (χ1) is 6.25. The molecule has 0 radical (unpaired) electrons. The smallest absolute Gasteiger partial charge is 0.149 e. The molecule has 1 rings (SSSR count). The summed E-state index contributed by atoms with van der Waals surface area (Å²) < 4.78 is 5.42. The first-order valence-electron chi connectivity index (χ1n) is 4.79. The molecule has 2 atom stereocenters. The summed E-state index contributed by atoms with van der Waals surface area (Å²) in [5, 5.41) is 0. The van der Waals surface area contributed by atoms with Gasteiger partial charge in [-0.15, -0.1) is 0 Å². The fourth-order valence-corrected chi connectivity index (χ4v) is 4.16. The Hall–Kier alpha value is -0.386. The van der Waals surface area contributed by atoms with E-state index in [2.05, 4.69) is 44.2 Å². The van der Waals surface area contributed by atoms with Crippen molar-refractivity contribution < 1.29 is 4.12 Å². The van der Waals surface area contributed by atoms with Crippen molar-refractivity contribution in [2.24, 2.45) is 0 Å². The zero-order valence-electron chi connectivity index (χ0n) is 8.66. The van der Waals surface area contributed by atoms with Crippen LogP contribution in [0.4, 0.5) is 0 Å². The quantitative estimate of drug-likeness (QED) is 0.673. The zero-order chi connectivity index (χ0) is 9.68. The summed E-state index contributed by atoms with van der Waals surface area (Å²) in [5.41, 5.74) is 2.20. The van der Waals surface area contributed by atoms with Crippen molar-refractivity contribution in [1.82, 2.24) is 0 Å². The average molecular weight is 210 g/mol. The van der Waals surface area contributed by atoms with Crippen LogP contribution in [0.25, 0.3) is 0 Å². The molecule has 0 fully saturated rings. The second-order valence-electron chi connectivity index (χ2n) is 3.63. The van der Waals surface area contributed by atoms with Crippen LogP contribution in [0.5, 0.6) is 0 Å². The predicted octanol–water partition coefficient (Wildman–Crippen LogP) is 0.979. The second-order valence-corrected chi connectivity index (χ2v) is 7.56. The van der Waals surface area contributed by atoms with E-state index in [-0.39, 0.29) is 9.76 Å². The van der Waals surface area contributed by atoms with Gasteiger partial charge in [-0.25, -0.2) is 0 Å². The molecule has 0 aromatic heterocycles. The van der Waals surface area contributed by atoms with Crippen molar-refractivity contribution in [1.29, 1.82) is 0 Å². The van der Waals surface area contributed by atoms with Gasteiger partial charge < -0.3 is 4.12 Å². The molecule has 0 aliphatic heterocycles. The van der Waals surface area contributed by atoms with Gasteiger partial charge in [0.25, 0.3) is 0 Å². The van der Waals surface area contributed by atoms with Gasteiger partial charge in [-0.2, -0.15) is 0 Å². The lowest BCUT2D eigenvalue weighted by molar-refractivity contribution is 0.603. The second kappa shape index (κ2) is 5.37. The number of hydrogen-bond donors (Lipinski definition) is 0. The van der Waals surface area contributed by atoms with Gasteiger partial charge in [0, 0.05) is 0 Å². The lowest BCUT2D eigenvalue weighted by Gasteiger charge is -2.18. The minimum Gasteiger partial charge on any atom is -0.468 e. The molecule has 0 amide bonds. The Kier molecular flexibility index (Phi) is 4.41. The molecule has 0 bridgehead atoms. The summed E-state index contributed by atoms with van der Waals surface area (Å²) in [6, 6.07) is 10.7. The van der Waals surface area contributed by atoms with Gasteiger partial charge in [-0.3, -0.25) is 0 Å². The highest BCUT2D eigenvalue weighted by Gasteiger charge is 2.13. The van der Waals surface area contributed by atoms with E-state index >= 15 is 0 Å². The summed E-state index contributed by atoms with van der Waals surface area (Å²) in [7, 11) is 0.623. The SMILES string of the molecule is CC([SiH2]O[SiH3])C(C)c1ccccc1. The summed E-state index contributed by atoms with van der Waals surface area (Å²) >= 11 is 0. The molecule has 0 saturated heterocycles. The zero-order valence-corrected chi connectivity index (χ0v) is 12.1. The Morgan fingerprint density at radius 3 is 2.38 bits per heavy atom. The van der Waals surface area contributed by atoms with Crippen molar-refractivity contribution in [3.05, 3.63) is 35.9 Å². The van der Waals surface area contributed by atoms with Gasteiger partial charge in [0.1, 0.15) is 20.2 Å². The molecule has 1 aromatic carbocycles. The Balaban J connectivity index is 2.62. The maximum absolute atomic E-state index is 5.42. The van der Waals surface area contributed by atoms with Crippen molar-refractivity contribution in [2.45, 2.75) is 25.3 Å². The lowest BCUT2D eigenvalue weighted by Crippen LogP contribution is -2.10. The molecule has 2 unspecified atom stereocenters. The summed E-state index contributed by atoms with van der Waals surface area (Å²) in [6.45, 7) is 4.61. The van der Waals surface area contributed by atoms with Crippen LogP contribution in [-0.2, 0) is 4.12 Å². The molecule has 0 spiro atoms.